The molecule has 4 N–H and O–H groups in total. The van der Waals surface area contributed by atoms with Crippen molar-refractivity contribution >= 4 is 17.7 Å². The Labute approximate surface area is 198 Å². The topological polar surface area (TPSA) is 130 Å². The van der Waals surface area contributed by atoms with Crippen molar-refractivity contribution in [2.45, 2.75) is 25.5 Å². The predicted molar refractivity (Wildman–Crippen MR) is 123 cm³/mol. The Morgan fingerprint density at radius 2 is 1.86 bits per heavy atom. The van der Waals surface area contributed by atoms with E-state index in [1.54, 1.807) is 42.5 Å². The van der Waals surface area contributed by atoms with Crippen LogP contribution >= 0.6 is 0 Å². The summed E-state index contributed by atoms with van der Waals surface area (Å²) in [5, 5.41) is 24.0. The molecule has 2 amide bonds. The highest BCUT2D eigenvalue weighted by Gasteiger charge is 2.20. The first kappa shape index (κ1) is 25.2. The summed E-state index contributed by atoms with van der Waals surface area (Å²) in [5.41, 5.74) is 0.603. The summed E-state index contributed by atoms with van der Waals surface area (Å²) in [5.74, 6) is -1.60. The molecule has 0 saturated carbocycles. The number of carboxylic acids is 1. The van der Waals surface area contributed by atoms with Gasteiger partial charge in [-0.2, -0.15) is 8.78 Å². The van der Waals surface area contributed by atoms with Gasteiger partial charge in [0.25, 0.3) is 5.56 Å². The van der Waals surface area contributed by atoms with Crippen LogP contribution in [-0.4, -0.2) is 33.4 Å². The van der Waals surface area contributed by atoms with E-state index in [4.69, 9.17) is 0 Å². The number of aryl methyl sites for hydroxylation is 1. The Bertz CT molecular complexity index is 1280. The molecule has 0 aliphatic carbocycles. The molecule has 184 valence electrons. The molecule has 0 bridgehead atoms. The lowest BCUT2D eigenvalue weighted by molar-refractivity contribution is -0.137. The van der Waals surface area contributed by atoms with Gasteiger partial charge in [-0.05, 0) is 28.8 Å². The third kappa shape index (κ3) is 6.79. The number of aliphatic carboxylic acids is 1. The van der Waals surface area contributed by atoms with Gasteiger partial charge in [0.1, 0.15) is 11.5 Å². The van der Waals surface area contributed by atoms with Crippen molar-refractivity contribution in [2.75, 3.05) is 5.32 Å². The number of hydrogen-bond acceptors (Lipinski definition) is 5. The number of aromatic nitrogens is 1. The van der Waals surface area contributed by atoms with Gasteiger partial charge in [0.2, 0.25) is 0 Å². The fraction of sp³-hybridized carbons (Fsp3) is 0.208. The van der Waals surface area contributed by atoms with Gasteiger partial charge in [0, 0.05) is 19.7 Å². The van der Waals surface area contributed by atoms with Crippen molar-refractivity contribution in [1.29, 1.82) is 0 Å². The van der Waals surface area contributed by atoms with Crippen LogP contribution in [0.2, 0.25) is 0 Å². The van der Waals surface area contributed by atoms with Crippen molar-refractivity contribution in [3.05, 3.63) is 87.8 Å². The fourth-order valence-corrected chi connectivity index (χ4v) is 3.47. The van der Waals surface area contributed by atoms with Gasteiger partial charge in [-0.3, -0.25) is 9.59 Å². The summed E-state index contributed by atoms with van der Waals surface area (Å²) in [7, 11) is 1.44. The van der Waals surface area contributed by atoms with E-state index in [0.717, 1.165) is 4.57 Å². The lowest BCUT2D eigenvalue weighted by atomic mass is 9.97. The van der Waals surface area contributed by atoms with E-state index in [2.05, 4.69) is 15.4 Å². The van der Waals surface area contributed by atoms with E-state index in [-0.39, 0.29) is 17.9 Å². The Morgan fingerprint density at radius 3 is 2.57 bits per heavy atom. The number of urea groups is 1. The van der Waals surface area contributed by atoms with Crippen LogP contribution in [0.1, 0.15) is 29.2 Å². The van der Waals surface area contributed by atoms with Crippen LogP contribution in [0, 0.1) is 0 Å². The summed E-state index contributed by atoms with van der Waals surface area (Å²) in [6, 6.07) is 12.3. The second-order valence-corrected chi connectivity index (χ2v) is 7.65. The molecule has 0 aliphatic heterocycles. The maximum Gasteiger partial charge on any atom is 0.387 e. The minimum Gasteiger partial charge on any atom is -0.505 e. The van der Waals surface area contributed by atoms with Gasteiger partial charge in [-0.15, -0.1) is 0 Å². The molecule has 0 spiro atoms. The quantitative estimate of drug-likeness (QED) is 0.365. The van der Waals surface area contributed by atoms with Crippen molar-refractivity contribution in [2.24, 2.45) is 7.05 Å². The molecule has 3 aromatic rings. The number of halogens is 2. The minimum atomic E-state index is -2.98. The van der Waals surface area contributed by atoms with E-state index in [0.29, 0.717) is 16.7 Å². The van der Waals surface area contributed by atoms with Crippen LogP contribution in [0.5, 0.6) is 11.5 Å². The summed E-state index contributed by atoms with van der Waals surface area (Å²) < 4.78 is 31.2. The second-order valence-electron chi connectivity index (χ2n) is 7.65. The molecule has 1 heterocycles. The zero-order chi connectivity index (χ0) is 25.5. The number of nitrogens with one attached hydrogen (secondary N) is 2. The highest BCUT2D eigenvalue weighted by Crippen LogP contribution is 2.26. The lowest BCUT2D eigenvalue weighted by Crippen LogP contribution is -2.36. The third-order valence-corrected chi connectivity index (χ3v) is 5.11. The van der Waals surface area contributed by atoms with Crippen molar-refractivity contribution < 1.29 is 33.3 Å². The van der Waals surface area contributed by atoms with Crippen molar-refractivity contribution in [3.63, 3.8) is 0 Å². The number of carbonyl (C=O) groups is 2. The Morgan fingerprint density at radius 1 is 1.11 bits per heavy atom. The normalized spacial score (nSPS) is 11.7. The van der Waals surface area contributed by atoms with Crippen molar-refractivity contribution in [1.82, 2.24) is 9.88 Å². The Hall–Kier alpha value is -4.41. The molecule has 9 nitrogen and oxygen atoms in total. The SMILES string of the molecule is Cn1ccc(O)c(NC(=O)NC(CC(=O)O)c2cccc(Cc3ccccc3OC(F)F)c2)c1=O. The zero-order valence-corrected chi connectivity index (χ0v) is 18.6. The maximum absolute atomic E-state index is 12.7. The van der Waals surface area contributed by atoms with Gasteiger partial charge in [0.05, 0.1) is 12.5 Å². The molecule has 0 aliphatic rings. The van der Waals surface area contributed by atoms with Crippen LogP contribution < -0.4 is 20.9 Å². The monoisotopic (exact) mass is 487 g/mol. The molecule has 11 heteroatoms. The van der Waals surface area contributed by atoms with E-state index in [1.165, 1.54) is 25.4 Å². The molecule has 0 radical (unpaired) electrons. The molecule has 35 heavy (non-hydrogen) atoms. The predicted octanol–water partition coefficient (Wildman–Crippen LogP) is 3.62. The molecule has 0 saturated heterocycles. The number of benzene rings is 2. The van der Waals surface area contributed by atoms with Gasteiger partial charge >= 0.3 is 18.6 Å². The lowest BCUT2D eigenvalue weighted by Gasteiger charge is -2.19. The third-order valence-electron chi connectivity index (χ3n) is 5.11. The number of hydrogen-bond donors (Lipinski definition) is 4. The average molecular weight is 487 g/mol. The first-order chi connectivity index (χ1) is 16.6. The molecule has 1 atom stereocenters. The number of pyridine rings is 1. The molecular formula is C24H23F2N3O6. The number of amides is 2. The van der Waals surface area contributed by atoms with E-state index in [1.807, 2.05) is 0 Å². The number of rotatable bonds is 9. The molecule has 1 aromatic heterocycles. The van der Waals surface area contributed by atoms with E-state index < -0.39 is 42.4 Å². The van der Waals surface area contributed by atoms with Crippen LogP contribution in [0.3, 0.4) is 0 Å². The summed E-state index contributed by atoms with van der Waals surface area (Å²) in [4.78, 5) is 36.2. The molecule has 1 unspecified atom stereocenters. The number of ether oxygens (including phenoxy) is 1. The number of anilines is 1. The van der Waals surface area contributed by atoms with Gasteiger partial charge < -0.3 is 30.2 Å². The summed E-state index contributed by atoms with van der Waals surface area (Å²) in [6.07, 6.45) is 1.07. The first-order valence-corrected chi connectivity index (χ1v) is 10.4. The maximum atomic E-state index is 12.7. The number of alkyl halides is 2. The van der Waals surface area contributed by atoms with E-state index in [9.17, 15) is 33.4 Å². The van der Waals surface area contributed by atoms with Crippen LogP contribution in [0.4, 0.5) is 19.3 Å². The minimum absolute atomic E-state index is 0.0248. The highest BCUT2D eigenvalue weighted by atomic mass is 19.3. The standard InChI is InChI=1S/C24H23F2N3O6/c1-29-10-9-18(30)21(22(29)33)28-24(34)27-17(13-20(31)32)15-7-4-5-14(11-15)12-16-6-2-3-8-19(16)35-23(25)26/h2-11,17,23,30H,12-13H2,1H3,(H,31,32)(H2,27,28,34). The smallest absolute Gasteiger partial charge is 0.387 e. The van der Waals surface area contributed by atoms with Crippen LogP contribution in [-0.2, 0) is 18.3 Å². The van der Waals surface area contributed by atoms with Crippen molar-refractivity contribution in [3.8, 4) is 11.5 Å². The molecule has 2 aromatic carbocycles. The van der Waals surface area contributed by atoms with Crippen LogP contribution in [0.25, 0.3) is 0 Å². The molecule has 0 fully saturated rings. The van der Waals surface area contributed by atoms with Gasteiger partial charge in [-0.1, -0.05) is 42.5 Å². The second kappa shape index (κ2) is 11.1. The average Bonchev–Trinajstić information content (AvgIpc) is 2.80. The number of carboxylic acid groups (broad SMARTS) is 1. The van der Waals surface area contributed by atoms with Gasteiger partial charge in [0.15, 0.2) is 5.69 Å². The Balaban J connectivity index is 1.82. The van der Waals surface area contributed by atoms with E-state index >= 15 is 0 Å². The number of carbonyl (C=O) groups excluding carboxylic acids is 1. The zero-order valence-electron chi connectivity index (χ0n) is 18.6. The molecule has 3 rings (SSSR count). The summed E-state index contributed by atoms with van der Waals surface area (Å²) in [6.45, 7) is -2.98. The van der Waals surface area contributed by atoms with Crippen LogP contribution in [0.15, 0.2) is 65.6 Å². The van der Waals surface area contributed by atoms with Gasteiger partial charge in [-0.25, -0.2) is 4.79 Å². The largest absolute Gasteiger partial charge is 0.505 e. The fourth-order valence-electron chi connectivity index (χ4n) is 3.47. The molecular weight excluding hydrogens is 464 g/mol. The number of para-hydroxylation sites is 1. The number of aromatic hydroxyl groups is 1. The highest BCUT2D eigenvalue weighted by molar-refractivity contribution is 5.91. The first-order valence-electron chi connectivity index (χ1n) is 10.4. The number of nitrogens with zero attached hydrogens (tertiary/aromatic N) is 1. The summed E-state index contributed by atoms with van der Waals surface area (Å²) >= 11 is 0. The Kier molecular flexibility index (Phi) is 8.03.